The molecule has 0 fully saturated rings. The van der Waals surface area contributed by atoms with Gasteiger partial charge >= 0.3 is 0 Å². The van der Waals surface area contributed by atoms with Crippen LogP contribution in [0, 0.1) is 13.8 Å². The number of carbonyl (C=O) groups is 2. The zero-order valence-electron chi connectivity index (χ0n) is 19.2. The van der Waals surface area contributed by atoms with Crippen LogP contribution in [0.15, 0.2) is 24.3 Å². The fraction of sp³-hybridized carbons (Fsp3) is 0.417. The minimum Gasteiger partial charge on any atom is -0.350 e. The Balaban J connectivity index is 1.96. The third-order valence-corrected chi connectivity index (χ3v) is 6.44. The summed E-state index contributed by atoms with van der Waals surface area (Å²) in [6.45, 7) is 14.1. The summed E-state index contributed by atoms with van der Waals surface area (Å²) in [6, 6.07) is 7.11. The second-order valence-corrected chi connectivity index (χ2v) is 9.90. The van der Waals surface area contributed by atoms with Gasteiger partial charge in [0.15, 0.2) is 0 Å². The molecular formula is C24H30N4O2S. The van der Waals surface area contributed by atoms with E-state index in [1.807, 2.05) is 27.7 Å². The number of fused-ring (bicyclic) bond motifs is 1. The molecule has 1 aromatic carbocycles. The van der Waals surface area contributed by atoms with E-state index in [4.69, 9.17) is 4.98 Å². The first-order chi connectivity index (χ1) is 14.5. The van der Waals surface area contributed by atoms with E-state index >= 15 is 0 Å². The fourth-order valence-corrected chi connectivity index (χ4v) is 4.39. The van der Waals surface area contributed by atoms with E-state index in [1.54, 1.807) is 24.3 Å². The van der Waals surface area contributed by atoms with Gasteiger partial charge in [0.2, 0.25) is 0 Å². The Bertz CT molecular complexity index is 1140. The number of anilines is 1. The molecule has 0 aliphatic rings. The summed E-state index contributed by atoms with van der Waals surface area (Å²) in [5.74, 6) is 0.314. The average molecular weight is 439 g/mol. The highest BCUT2D eigenvalue weighted by Crippen LogP contribution is 2.33. The van der Waals surface area contributed by atoms with Gasteiger partial charge in [0.05, 0.1) is 21.8 Å². The van der Waals surface area contributed by atoms with Gasteiger partial charge in [0.25, 0.3) is 11.8 Å². The lowest BCUT2D eigenvalue weighted by molar-refractivity contribution is 0.0940. The van der Waals surface area contributed by atoms with E-state index in [9.17, 15) is 9.59 Å². The molecule has 6 nitrogen and oxygen atoms in total. The van der Waals surface area contributed by atoms with Gasteiger partial charge in [-0.05, 0) is 44.9 Å². The smallest absolute Gasteiger partial charge is 0.266 e. The molecule has 31 heavy (non-hydrogen) atoms. The number of para-hydroxylation sites is 1. The Hall–Kier alpha value is -2.80. The lowest BCUT2D eigenvalue weighted by Crippen LogP contribution is -2.32. The zero-order valence-corrected chi connectivity index (χ0v) is 20.0. The van der Waals surface area contributed by atoms with Crippen LogP contribution in [-0.4, -0.2) is 27.8 Å². The van der Waals surface area contributed by atoms with Crippen LogP contribution in [0.4, 0.5) is 5.69 Å². The average Bonchev–Trinajstić information content (AvgIpc) is 3.04. The molecule has 0 aliphatic heterocycles. The van der Waals surface area contributed by atoms with Gasteiger partial charge in [-0.1, -0.05) is 39.8 Å². The molecule has 2 heterocycles. The number of thiophene rings is 1. The number of hydrogen-bond donors (Lipinski definition) is 2. The fourth-order valence-electron chi connectivity index (χ4n) is 3.26. The number of nitrogens with one attached hydrogen (secondary N) is 2. The van der Waals surface area contributed by atoms with Gasteiger partial charge in [0.1, 0.15) is 10.7 Å². The van der Waals surface area contributed by atoms with E-state index in [0.29, 0.717) is 16.1 Å². The summed E-state index contributed by atoms with van der Waals surface area (Å²) in [6.07, 6.45) is 0.832. The Morgan fingerprint density at radius 3 is 2.42 bits per heavy atom. The lowest BCUT2D eigenvalue weighted by atomic mass is 9.95. The highest BCUT2D eigenvalue weighted by molar-refractivity contribution is 7.20. The minimum absolute atomic E-state index is 0.0552. The standard InChI is InChI=1S/C24H30N4O2S/c1-8-13(2)25-20(29)16-11-9-10-12-17(16)27-21(30)19-14(3)18-15(4)26-23(24(5,6)7)28-22(18)31-19/h9-13H,8H2,1-7H3,(H,25,29)(H,27,30)/t13-/m0/s1. The molecule has 0 radical (unpaired) electrons. The van der Waals surface area contributed by atoms with Crippen LogP contribution in [0.25, 0.3) is 10.2 Å². The molecule has 3 aromatic rings. The van der Waals surface area contributed by atoms with Crippen molar-refractivity contribution in [1.29, 1.82) is 0 Å². The minimum atomic E-state index is -0.249. The lowest BCUT2D eigenvalue weighted by Gasteiger charge is -2.16. The number of hydrogen-bond acceptors (Lipinski definition) is 5. The predicted molar refractivity (Wildman–Crippen MR) is 127 cm³/mol. The maximum Gasteiger partial charge on any atom is 0.266 e. The van der Waals surface area contributed by atoms with Crippen LogP contribution in [-0.2, 0) is 5.41 Å². The van der Waals surface area contributed by atoms with E-state index in [0.717, 1.165) is 33.7 Å². The summed E-state index contributed by atoms with van der Waals surface area (Å²) in [4.78, 5) is 36.6. The van der Waals surface area contributed by atoms with E-state index in [2.05, 4.69) is 36.4 Å². The summed E-state index contributed by atoms with van der Waals surface area (Å²) < 4.78 is 0. The Kier molecular flexibility index (Phi) is 6.46. The van der Waals surface area contributed by atoms with Crippen LogP contribution in [0.2, 0.25) is 0 Å². The molecule has 0 aliphatic carbocycles. The second-order valence-electron chi connectivity index (χ2n) is 8.90. The van der Waals surface area contributed by atoms with Crippen molar-refractivity contribution in [3.8, 4) is 0 Å². The predicted octanol–water partition coefficient (Wildman–Crippen LogP) is 5.39. The molecule has 2 amide bonds. The summed E-state index contributed by atoms with van der Waals surface area (Å²) >= 11 is 1.36. The first kappa shape index (κ1) is 22.9. The van der Waals surface area contributed by atoms with Gasteiger partial charge < -0.3 is 10.6 Å². The molecule has 3 rings (SSSR count). The van der Waals surface area contributed by atoms with E-state index in [-0.39, 0.29) is 23.3 Å². The van der Waals surface area contributed by atoms with Crippen molar-refractivity contribution >= 4 is 39.1 Å². The van der Waals surface area contributed by atoms with Crippen molar-refractivity contribution in [3.05, 3.63) is 51.8 Å². The molecule has 0 bridgehead atoms. The topological polar surface area (TPSA) is 84.0 Å². The van der Waals surface area contributed by atoms with Crippen LogP contribution >= 0.6 is 11.3 Å². The maximum atomic E-state index is 13.2. The van der Waals surface area contributed by atoms with Gasteiger partial charge in [-0.25, -0.2) is 9.97 Å². The molecule has 2 aromatic heterocycles. The Morgan fingerprint density at radius 1 is 1.10 bits per heavy atom. The number of aryl methyl sites for hydroxylation is 2. The molecule has 0 unspecified atom stereocenters. The number of nitrogens with zero attached hydrogens (tertiary/aromatic N) is 2. The second kappa shape index (κ2) is 8.75. The van der Waals surface area contributed by atoms with Gasteiger partial charge in [-0.15, -0.1) is 11.3 Å². The molecule has 2 N–H and O–H groups in total. The number of aromatic nitrogens is 2. The highest BCUT2D eigenvalue weighted by atomic mass is 32.1. The molecular weight excluding hydrogens is 408 g/mol. The number of rotatable bonds is 5. The van der Waals surface area contributed by atoms with Crippen LogP contribution in [0.3, 0.4) is 0 Å². The van der Waals surface area contributed by atoms with E-state index < -0.39 is 0 Å². The SMILES string of the molecule is CC[C@H](C)NC(=O)c1ccccc1NC(=O)c1sc2nc(C(C)(C)C)nc(C)c2c1C. The number of amides is 2. The molecule has 7 heteroatoms. The van der Waals surface area contributed by atoms with Crippen molar-refractivity contribution in [2.24, 2.45) is 0 Å². The number of benzene rings is 1. The Labute approximate surface area is 187 Å². The molecule has 0 spiro atoms. The van der Waals surface area contributed by atoms with Crippen molar-refractivity contribution in [2.45, 2.75) is 66.3 Å². The van der Waals surface area contributed by atoms with Crippen molar-refractivity contribution in [2.75, 3.05) is 5.32 Å². The molecule has 164 valence electrons. The molecule has 1 atom stereocenters. The zero-order chi connectivity index (χ0) is 22.9. The number of carbonyl (C=O) groups excluding carboxylic acids is 2. The van der Waals surface area contributed by atoms with E-state index in [1.165, 1.54) is 11.3 Å². The summed E-state index contributed by atoms with van der Waals surface area (Å²) in [5, 5.41) is 6.80. The maximum absolute atomic E-state index is 13.2. The van der Waals surface area contributed by atoms with Crippen LogP contribution in [0.5, 0.6) is 0 Å². The van der Waals surface area contributed by atoms with Gasteiger partial charge in [0, 0.05) is 16.8 Å². The summed E-state index contributed by atoms with van der Waals surface area (Å²) in [5.41, 5.74) is 2.48. The van der Waals surface area contributed by atoms with Crippen molar-refractivity contribution in [1.82, 2.24) is 15.3 Å². The van der Waals surface area contributed by atoms with Crippen LogP contribution < -0.4 is 10.6 Å². The monoisotopic (exact) mass is 438 g/mol. The van der Waals surface area contributed by atoms with Crippen molar-refractivity contribution in [3.63, 3.8) is 0 Å². The van der Waals surface area contributed by atoms with Gasteiger partial charge in [-0.3, -0.25) is 9.59 Å². The van der Waals surface area contributed by atoms with Crippen LogP contribution in [0.1, 0.15) is 78.2 Å². The first-order valence-electron chi connectivity index (χ1n) is 10.5. The largest absolute Gasteiger partial charge is 0.350 e. The van der Waals surface area contributed by atoms with Gasteiger partial charge in [-0.2, -0.15) is 0 Å². The third kappa shape index (κ3) is 4.77. The van der Waals surface area contributed by atoms with Crippen molar-refractivity contribution < 1.29 is 9.59 Å². The summed E-state index contributed by atoms with van der Waals surface area (Å²) in [7, 11) is 0. The Morgan fingerprint density at radius 2 is 1.77 bits per heavy atom. The quantitative estimate of drug-likeness (QED) is 0.560. The molecule has 0 saturated heterocycles. The first-order valence-corrected chi connectivity index (χ1v) is 11.3. The normalized spacial score (nSPS) is 12.6. The third-order valence-electron chi connectivity index (χ3n) is 5.26. The highest BCUT2D eigenvalue weighted by Gasteiger charge is 2.24. The molecule has 0 saturated carbocycles.